The third-order valence-corrected chi connectivity index (χ3v) is 6.62. The number of fused-ring (bicyclic) bond motifs is 1. The number of hydrogen-bond acceptors (Lipinski definition) is 4. The quantitative estimate of drug-likeness (QED) is 0.513. The molecule has 166 valence electrons. The highest BCUT2D eigenvalue weighted by atomic mass is 32.1. The molecule has 4 rings (SSSR count). The van der Waals surface area contributed by atoms with Crippen LogP contribution in [-0.4, -0.2) is 22.8 Å². The van der Waals surface area contributed by atoms with Gasteiger partial charge < -0.3 is 15.0 Å². The molecule has 2 heterocycles. The van der Waals surface area contributed by atoms with Gasteiger partial charge in [-0.25, -0.2) is 0 Å². The van der Waals surface area contributed by atoms with Crippen LogP contribution in [-0.2, 0) is 22.6 Å². The van der Waals surface area contributed by atoms with Crippen LogP contribution in [0.4, 0.5) is 5.69 Å². The Balaban J connectivity index is 1.61. The van der Waals surface area contributed by atoms with Gasteiger partial charge in [0.05, 0.1) is 19.0 Å². The first-order chi connectivity index (χ1) is 15.6. The second-order valence-corrected chi connectivity index (χ2v) is 8.97. The number of anilines is 1. The molecule has 32 heavy (non-hydrogen) atoms. The molecule has 2 aromatic carbocycles. The minimum atomic E-state index is -0.520. The topological polar surface area (TPSA) is 58.6 Å². The van der Waals surface area contributed by atoms with Gasteiger partial charge >= 0.3 is 0 Å². The molecular formula is C26H28N2O3S. The lowest BCUT2D eigenvalue weighted by Gasteiger charge is -2.32. The molecule has 0 saturated heterocycles. The molecule has 1 aliphatic heterocycles. The van der Waals surface area contributed by atoms with E-state index in [0.29, 0.717) is 30.8 Å². The predicted octanol–water partition coefficient (Wildman–Crippen LogP) is 5.58. The number of benzene rings is 2. The maximum absolute atomic E-state index is 13.4. The van der Waals surface area contributed by atoms with Crippen LogP contribution in [0.2, 0.25) is 0 Å². The van der Waals surface area contributed by atoms with E-state index in [-0.39, 0.29) is 17.9 Å². The molecule has 3 aromatic rings. The molecule has 0 bridgehead atoms. The van der Waals surface area contributed by atoms with E-state index in [1.807, 2.05) is 65.7 Å². The fraction of sp³-hybridized carbons (Fsp3) is 0.308. The average Bonchev–Trinajstić information content (AvgIpc) is 3.26. The monoisotopic (exact) mass is 448 g/mol. The van der Waals surface area contributed by atoms with Crippen LogP contribution in [0.15, 0.2) is 66.0 Å². The number of hydrogen-bond donors (Lipinski definition) is 1. The van der Waals surface area contributed by atoms with E-state index in [9.17, 15) is 9.59 Å². The van der Waals surface area contributed by atoms with Crippen molar-refractivity contribution in [2.75, 3.05) is 5.32 Å². The Hall–Kier alpha value is -3.12. The summed E-state index contributed by atoms with van der Waals surface area (Å²) in [6.45, 7) is 4.50. The van der Waals surface area contributed by atoms with Gasteiger partial charge in [-0.15, -0.1) is 11.3 Å². The zero-order chi connectivity index (χ0) is 22.5. The molecule has 5 nitrogen and oxygen atoms in total. The van der Waals surface area contributed by atoms with Crippen molar-refractivity contribution in [2.24, 2.45) is 0 Å². The van der Waals surface area contributed by atoms with E-state index in [4.69, 9.17) is 4.74 Å². The van der Waals surface area contributed by atoms with Crippen LogP contribution in [0, 0.1) is 0 Å². The van der Waals surface area contributed by atoms with Crippen molar-refractivity contribution in [1.82, 2.24) is 4.90 Å². The minimum Gasteiger partial charge on any atom is -0.480 e. The summed E-state index contributed by atoms with van der Waals surface area (Å²) in [7, 11) is 0. The molecular weight excluding hydrogens is 420 g/mol. The van der Waals surface area contributed by atoms with Gasteiger partial charge in [0.15, 0.2) is 6.10 Å². The molecule has 6 heteroatoms. The molecule has 1 N–H and O–H groups in total. The molecule has 0 aliphatic carbocycles. The number of carbonyl (C=O) groups excluding carboxylic acids is 2. The van der Waals surface area contributed by atoms with E-state index in [2.05, 4.69) is 24.4 Å². The predicted molar refractivity (Wildman–Crippen MR) is 128 cm³/mol. The van der Waals surface area contributed by atoms with Crippen molar-refractivity contribution in [3.63, 3.8) is 0 Å². The first kappa shape index (κ1) is 22.1. The summed E-state index contributed by atoms with van der Waals surface area (Å²) in [5.41, 5.74) is 2.73. The third-order valence-electron chi connectivity index (χ3n) is 5.75. The van der Waals surface area contributed by atoms with Gasteiger partial charge in [-0.1, -0.05) is 50.2 Å². The van der Waals surface area contributed by atoms with Gasteiger partial charge in [0.2, 0.25) is 5.91 Å². The Morgan fingerprint density at radius 2 is 1.97 bits per heavy atom. The van der Waals surface area contributed by atoms with Gasteiger partial charge in [0, 0.05) is 16.1 Å². The zero-order valence-electron chi connectivity index (χ0n) is 18.4. The van der Waals surface area contributed by atoms with Crippen LogP contribution in [0.5, 0.6) is 5.75 Å². The number of thiophene rings is 1. The van der Waals surface area contributed by atoms with E-state index in [0.717, 1.165) is 22.4 Å². The highest BCUT2D eigenvalue weighted by molar-refractivity contribution is 7.10. The lowest BCUT2D eigenvalue weighted by Crippen LogP contribution is -2.41. The summed E-state index contributed by atoms with van der Waals surface area (Å²) in [6, 6.07) is 19.6. The van der Waals surface area contributed by atoms with Gasteiger partial charge in [-0.2, -0.15) is 0 Å². The van der Waals surface area contributed by atoms with Crippen molar-refractivity contribution in [1.29, 1.82) is 0 Å². The molecule has 2 unspecified atom stereocenters. The normalized spacial score (nSPS) is 16.6. The summed E-state index contributed by atoms with van der Waals surface area (Å²) in [6.07, 6.45) is 1.23. The second kappa shape index (κ2) is 10.0. The molecule has 1 aliphatic rings. The van der Waals surface area contributed by atoms with Crippen LogP contribution < -0.4 is 10.1 Å². The summed E-state index contributed by atoms with van der Waals surface area (Å²) < 4.78 is 6.12. The number of amides is 2. The molecule has 0 saturated carbocycles. The van der Waals surface area contributed by atoms with E-state index in [1.165, 1.54) is 0 Å². The standard InChI is InChI=1S/C26H28N2O3S/c1-3-22(18-9-6-5-7-10-18)28-17-19-15-20(27-25(29)16-21-11-8-14-32-21)12-13-24(19)31-23(4-2)26(28)30/h5-15,22-23H,3-4,16-17H2,1-2H3,(H,27,29). The molecule has 1 aromatic heterocycles. The number of nitrogens with zero attached hydrogens (tertiary/aromatic N) is 1. The number of carbonyl (C=O) groups is 2. The molecule has 2 atom stereocenters. The first-order valence-electron chi connectivity index (χ1n) is 11.1. The molecule has 0 fully saturated rings. The van der Waals surface area contributed by atoms with E-state index >= 15 is 0 Å². The van der Waals surface area contributed by atoms with Crippen LogP contribution in [0.25, 0.3) is 0 Å². The Bertz CT molecular complexity index is 1070. The molecule has 2 amide bonds. The fourth-order valence-electron chi connectivity index (χ4n) is 4.16. The van der Waals surface area contributed by atoms with Crippen molar-refractivity contribution in [2.45, 2.75) is 51.8 Å². The van der Waals surface area contributed by atoms with Gasteiger partial charge in [-0.05, 0) is 48.1 Å². The van der Waals surface area contributed by atoms with Crippen LogP contribution >= 0.6 is 11.3 Å². The van der Waals surface area contributed by atoms with E-state index in [1.54, 1.807) is 11.3 Å². The summed E-state index contributed by atoms with van der Waals surface area (Å²) in [4.78, 5) is 28.8. The molecule has 0 radical (unpaired) electrons. The van der Waals surface area contributed by atoms with Crippen molar-refractivity contribution < 1.29 is 14.3 Å². The largest absolute Gasteiger partial charge is 0.480 e. The smallest absolute Gasteiger partial charge is 0.264 e. The zero-order valence-corrected chi connectivity index (χ0v) is 19.2. The Kier molecular flexibility index (Phi) is 6.90. The highest BCUT2D eigenvalue weighted by Crippen LogP contribution is 2.34. The van der Waals surface area contributed by atoms with Gasteiger partial charge in [0.25, 0.3) is 5.91 Å². The summed E-state index contributed by atoms with van der Waals surface area (Å²) in [5.74, 6) is 0.645. The van der Waals surface area contributed by atoms with Gasteiger partial charge in [-0.3, -0.25) is 9.59 Å². The average molecular weight is 449 g/mol. The van der Waals surface area contributed by atoms with Gasteiger partial charge in [0.1, 0.15) is 5.75 Å². The molecule has 0 spiro atoms. The SMILES string of the molecule is CCC1Oc2ccc(NC(=O)Cc3cccs3)cc2CN(C(CC)c2ccccc2)C1=O. The summed E-state index contributed by atoms with van der Waals surface area (Å²) >= 11 is 1.57. The summed E-state index contributed by atoms with van der Waals surface area (Å²) in [5, 5.41) is 4.95. The Labute approximate surface area is 193 Å². The Morgan fingerprint density at radius 3 is 2.66 bits per heavy atom. The highest BCUT2D eigenvalue weighted by Gasteiger charge is 2.34. The fourth-order valence-corrected chi connectivity index (χ4v) is 4.86. The number of rotatable bonds is 7. The maximum Gasteiger partial charge on any atom is 0.264 e. The Morgan fingerprint density at radius 1 is 1.16 bits per heavy atom. The first-order valence-corrected chi connectivity index (χ1v) is 11.9. The van der Waals surface area contributed by atoms with E-state index < -0.39 is 6.10 Å². The minimum absolute atomic E-state index is 0.00249. The lowest BCUT2D eigenvalue weighted by molar-refractivity contribution is -0.141. The van der Waals surface area contributed by atoms with Crippen molar-refractivity contribution in [3.05, 3.63) is 82.0 Å². The number of nitrogens with one attached hydrogen (secondary N) is 1. The van der Waals surface area contributed by atoms with Crippen molar-refractivity contribution >= 4 is 28.8 Å². The second-order valence-electron chi connectivity index (χ2n) is 7.94. The third kappa shape index (κ3) is 4.86. The number of ether oxygens (including phenoxy) is 1. The lowest BCUT2D eigenvalue weighted by atomic mass is 10.0. The van der Waals surface area contributed by atoms with Crippen LogP contribution in [0.1, 0.15) is 48.7 Å². The maximum atomic E-state index is 13.4. The van der Waals surface area contributed by atoms with Crippen LogP contribution in [0.3, 0.4) is 0 Å². The van der Waals surface area contributed by atoms with Crippen molar-refractivity contribution in [3.8, 4) is 5.75 Å².